The lowest BCUT2D eigenvalue weighted by atomic mass is 9.87. The van der Waals surface area contributed by atoms with E-state index in [0.29, 0.717) is 0 Å². The van der Waals surface area contributed by atoms with Gasteiger partial charge in [-0.15, -0.1) is 0 Å². The average molecular weight is 279 g/mol. The van der Waals surface area contributed by atoms with Crippen LogP contribution in [0.1, 0.15) is 76.0 Å². The van der Waals surface area contributed by atoms with Crippen molar-refractivity contribution in [3.8, 4) is 0 Å². The molecule has 0 atom stereocenters. The van der Waals surface area contributed by atoms with Gasteiger partial charge in [0, 0.05) is 5.54 Å². The zero-order chi connectivity index (χ0) is 14.3. The van der Waals surface area contributed by atoms with E-state index in [1.165, 1.54) is 61.6 Å². The molecule has 1 aromatic carbocycles. The quantitative estimate of drug-likeness (QED) is 0.710. The Kier molecular flexibility index (Phi) is 8.75. The third-order valence-electron chi connectivity index (χ3n) is 3.94. The van der Waals surface area contributed by atoms with E-state index in [-0.39, 0.29) is 11.0 Å². The summed E-state index contributed by atoms with van der Waals surface area (Å²) in [5.41, 5.74) is 10.2. The van der Waals surface area contributed by atoms with Crippen LogP contribution in [-0.4, -0.2) is 5.48 Å². The van der Waals surface area contributed by atoms with Crippen molar-refractivity contribution in [1.29, 1.82) is 0 Å². The minimum Gasteiger partial charge on any atom is -0.412 e. The van der Waals surface area contributed by atoms with Crippen molar-refractivity contribution in [3.05, 3.63) is 34.9 Å². The Morgan fingerprint density at radius 3 is 2.20 bits per heavy atom. The number of nitrogens with two attached hydrogens (primary N) is 1. The van der Waals surface area contributed by atoms with Crippen LogP contribution in [0.5, 0.6) is 0 Å². The van der Waals surface area contributed by atoms with Crippen LogP contribution >= 0.6 is 0 Å². The molecule has 0 heterocycles. The zero-order valence-electron chi connectivity index (χ0n) is 13.8. The van der Waals surface area contributed by atoms with Crippen molar-refractivity contribution >= 4 is 0 Å². The van der Waals surface area contributed by atoms with Gasteiger partial charge in [0.2, 0.25) is 0 Å². The van der Waals surface area contributed by atoms with Crippen LogP contribution in [0.4, 0.5) is 0 Å². The lowest BCUT2D eigenvalue weighted by Gasteiger charge is -2.23. The molecule has 0 radical (unpaired) electrons. The van der Waals surface area contributed by atoms with Gasteiger partial charge in [0.05, 0.1) is 0 Å². The SMILES string of the molecule is CCCCCCCCc1cccc(C(C)(C)N)c1C.O. The van der Waals surface area contributed by atoms with Crippen LogP contribution in [0.25, 0.3) is 0 Å². The van der Waals surface area contributed by atoms with E-state index in [0.717, 1.165) is 0 Å². The predicted molar refractivity (Wildman–Crippen MR) is 89.1 cm³/mol. The Bertz CT molecular complexity index is 379. The Morgan fingerprint density at radius 1 is 1.00 bits per heavy atom. The molecule has 116 valence electrons. The molecule has 0 aliphatic rings. The summed E-state index contributed by atoms with van der Waals surface area (Å²) < 4.78 is 0. The normalized spacial score (nSPS) is 11.2. The summed E-state index contributed by atoms with van der Waals surface area (Å²) in [5, 5.41) is 0. The van der Waals surface area contributed by atoms with Crippen molar-refractivity contribution in [2.24, 2.45) is 5.73 Å². The van der Waals surface area contributed by atoms with Crippen molar-refractivity contribution < 1.29 is 5.48 Å². The second-order valence-electron chi connectivity index (χ2n) is 6.33. The van der Waals surface area contributed by atoms with E-state index in [9.17, 15) is 0 Å². The number of benzene rings is 1. The van der Waals surface area contributed by atoms with E-state index >= 15 is 0 Å². The molecule has 0 saturated heterocycles. The molecule has 0 fully saturated rings. The lowest BCUT2D eigenvalue weighted by Crippen LogP contribution is -2.29. The van der Waals surface area contributed by atoms with Crippen LogP contribution in [-0.2, 0) is 12.0 Å². The summed E-state index contributed by atoms with van der Waals surface area (Å²) in [7, 11) is 0. The molecular formula is C18H33NO. The molecule has 0 spiro atoms. The van der Waals surface area contributed by atoms with E-state index in [1.54, 1.807) is 0 Å². The van der Waals surface area contributed by atoms with Crippen LogP contribution in [0.15, 0.2) is 18.2 Å². The van der Waals surface area contributed by atoms with Gasteiger partial charge in [-0.25, -0.2) is 0 Å². The van der Waals surface area contributed by atoms with Crippen molar-refractivity contribution in [3.63, 3.8) is 0 Å². The summed E-state index contributed by atoms with van der Waals surface area (Å²) >= 11 is 0. The van der Waals surface area contributed by atoms with Gasteiger partial charge in [0.1, 0.15) is 0 Å². The monoisotopic (exact) mass is 279 g/mol. The maximum Gasteiger partial charge on any atom is 0.0355 e. The molecule has 2 nitrogen and oxygen atoms in total. The number of hydrogen-bond donors (Lipinski definition) is 1. The largest absolute Gasteiger partial charge is 0.412 e. The van der Waals surface area contributed by atoms with E-state index < -0.39 is 0 Å². The first-order chi connectivity index (χ1) is 8.96. The van der Waals surface area contributed by atoms with Gasteiger partial charge in [0.15, 0.2) is 0 Å². The highest BCUT2D eigenvalue weighted by atomic mass is 16.0. The molecule has 0 aliphatic heterocycles. The Hall–Kier alpha value is -0.860. The van der Waals surface area contributed by atoms with E-state index in [2.05, 4.69) is 45.9 Å². The molecule has 0 amide bonds. The van der Waals surface area contributed by atoms with E-state index in [4.69, 9.17) is 5.73 Å². The van der Waals surface area contributed by atoms with Gasteiger partial charge < -0.3 is 11.2 Å². The Morgan fingerprint density at radius 2 is 1.60 bits per heavy atom. The molecular weight excluding hydrogens is 246 g/mol. The average Bonchev–Trinajstić information content (AvgIpc) is 2.34. The minimum absolute atomic E-state index is 0. The molecule has 0 bridgehead atoms. The highest BCUT2D eigenvalue weighted by Crippen LogP contribution is 2.24. The van der Waals surface area contributed by atoms with Gasteiger partial charge in [-0.2, -0.15) is 0 Å². The van der Waals surface area contributed by atoms with Crippen LogP contribution in [0, 0.1) is 6.92 Å². The van der Waals surface area contributed by atoms with Crippen LogP contribution in [0.3, 0.4) is 0 Å². The first-order valence-electron chi connectivity index (χ1n) is 7.84. The third kappa shape index (κ3) is 6.06. The molecule has 20 heavy (non-hydrogen) atoms. The maximum absolute atomic E-state index is 6.24. The van der Waals surface area contributed by atoms with Gasteiger partial charge in [-0.05, 0) is 50.3 Å². The zero-order valence-corrected chi connectivity index (χ0v) is 13.8. The van der Waals surface area contributed by atoms with Gasteiger partial charge in [0.25, 0.3) is 0 Å². The number of rotatable bonds is 8. The van der Waals surface area contributed by atoms with Crippen LogP contribution in [0.2, 0.25) is 0 Å². The second kappa shape index (κ2) is 9.15. The van der Waals surface area contributed by atoms with Gasteiger partial charge in [-0.1, -0.05) is 57.2 Å². The Labute approximate surface area is 125 Å². The predicted octanol–water partition coefficient (Wildman–Crippen LogP) is 4.27. The van der Waals surface area contributed by atoms with Gasteiger partial charge in [-0.3, -0.25) is 0 Å². The molecule has 0 saturated carbocycles. The highest BCUT2D eigenvalue weighted by Gasteiger charge is 2.17. The fourth-order valence-electron chi connectivity index (χ4n) is 2.75. The number of aryl methyl sites for hydroxylation is 1. The van der Waals surface area contributed by atoms with Crippen LogP contribution < -0.4 is 5.73 Å². The van der Waals surface area contributed by atoms with Crippen molar-refractivity contribution in [2.45, 2.75) is 78.2 Å². The summed E-state index contributed by atoms with van der Waals surface area (Å²) in [6, 6.07) is 6.58. The smallest absolute Gasteiger partial charge is 0.0355 e. The first-order valence-corrected chi connectivity index (χ1v) is 7.84. The summed E-state index contributed by atoms with van der Waals surface area (Å²) in [6.07, 6.45) is 9.35. The molecule has 0 aromatic heterocycles. The van der Waals surface area contributed by atoms with Gasteiger partial charge >= 0.3 is 0 Å². The topological polar surface area (TPSA) is 57.5 Å². The highest BCUT2D eigenvalue weighted by molar-refractivity contribution is 5.38. The first kappa shape index (κ1) is 19.1. The minimum atomic E-state index is -0.235. The maximum atomic E-state index is 6.24. The summed E-state index contributed by atoms with van der Waals surface area (Å²) in [6.45, 7) is 8.66. The number of unbranched alkanes of at least 4 members (excludes halogenated alkanes) is 5. The number of hydrogen-bond acceptors (Lipinski definition) is 1. The molecule has 1 aromatic rings. The summed E-state index contributed by atoms with van der Waals surface area (Å²) in [5.74, 6) is 0. The summed E-state index contributed by atoms with van der Waals surface area (Å²) in [4.78, 5) is 0. The fraction of sp³-hybridized carbons (Fsp3) is 0.667. The molecule has 0 aliphatic carbocycles. The molecule has 2 heteroatoms. The third-order valence-corrected chi connectivity index (χ3v) is 3.94. The second-order valence-corrected chi connectivity index (χ2v) is 6.33. The Balaban J connectivity index is 0.00000361. The van der Waals surface area contributed by atoms with Crippen molar-refractivity contribution in [1.82, 2.24) is 0 Å². The molecule has 4 N–H and O–H groups in total. The standard InChI is InChI=1S/C18H31N.H2O/c1-5-6-7-8-9-10-12-16-13-11-14-17(15(16)2)18(3,4)19;/h11,13-14H,5-10,12,19H2,1-4H3;1H2. The molecule has 1 rings (SSSR count). The fourth-order valence-corrected chi connectivity index (χ4v) is 2.75. The van der Waals surface area contributed by atoms with E-state index in [1.807, 2.05) is 0 Å². The molecule has 0 unspecified atom stereocenters. The lowest BCUT2D eigenvalue weighted by molar-refractivity contribution is 0.548. The van der Waals surface area contributed by atoms with Crippen molar-refractivity contribution in [2.75, 3.05) is 0 Å².